The third-order valence-electron chi connectivity index (χ3n) is 5.43. The van der Waals surface area contributed by atoms with Crippen molar-refractivity contribution in [2.45, 2.75) is 25.8 Å². The van der Waals surface area contributed by atoms with Crippen molar-refractivity contribution in [3.63, 3.8) is 0 Å². The molecule has 0 spiro atoms. The zero-order valence-corrected chi connectivity index (χ0v) is 19.2. The first-order chi connectivity index (χ1) is 15.4. The van der Waals surface area contributed by atoms with Crippen LogP contribution in [0, 0.1) is 0 Å². The molecule has 1 aliphatic rings. The molecule has 1 fully saturated rings. The highest BCUT2D eigenvalue weighted by molar-refractivity contribution is 6.46. The molecule has 8 heteroatoms. The molecule has 1 amide bonds. The SMILES string of the molecule is CCCCN1C(=O)C(=O)/C(=C(/O)c2cc(Cl)c(OC)cc2OC)C1c1cccc(OC)c1. The van der Waals surface area contributed by atoms with Gasteiger partial charge in [-0.1, -0.05) is 37.1 Å². The summed E-state index contributed by atoms with van der Waals surface area (Å²) in [7, 11) is 4.43. The van der Waals surface area contributed by atoms with Crippen LogP contribution in [-0.4, -0.2) is 49.6 Å². The van der Waals surface area contributed by atoms with Gasteiger partial charge in [0.15, 0.2) is 0 Å². The molecule has 1 unspecified atom stereocenters. The highest BCUT2D eigenvalue weighted by atomic mass is 35.5. The Morgan fingerprint density at radius 2 is 1.78 bits per heavy atom. The molecule has 1 atom stereocenters. The molecule has 7 nitrogen and oxygen atoms in total. The number of ether oxygens (including phenoxy) is 3. The van der Waals surface area contributed by atoms with Gasteiger partial charge in [-0.25, -0.2) is 0 Å². The van der Waals surface area contributed by atoms with Crippen LogP contribution in [0.15, 0.2) is 42.0 Å². The summed E-state index contributed by atoms with van der Waals surface area (Å²) in [4.78, 5) is 27.5. The Balaban J connectivity index is 2.25. The van der Waals surface area contributed by atoms with E-state index in [4.69, 9.17) is 25.8 Å². The number of ketones is 1. The van der Waals surface area contributed by atoms with Crippen LogP contribution in [0.3, 0.4) is 0 Å². The van der Waals surface area contributed by atoms with E-state index in [1.807, 2.05) is 6.92 Å². The van der Waals surface area contributed by atoms with Crippen molar-refractivity contribution in [2.24, 2.45) is 0 Å². The Morgan fingerprint density at radius 3 is 2.41 bits per heavy atom. The number of methoxy groups -OCH3 is 3. The molecule has 32 heavy (non-hydrogen) atoms. The van der Waals surface area contributed by atoms with Crippen molar-refractivity contribution in [1.82, 2.24) is 4.90 Å². The second kappa shape index (κ2) is 9.96. The van der Waals surface area contributed by atoms with Crippen molar-refractivity contribution in [2.75, 3.05) is 27.9 Å². The van der Waals surface area contributed by atoms with Crippen LogP contribution >= 0.6 is 11.6 Å². The number of carbonyl (C=O) groups excluding carboxylic acids is 2. The van der Waals surface area contributed by atoms with E-state index in [1.165, 1.54) is 38.4 Å². The van der Waals surface area contributed by atoms with Gasteiger partial charge < -0.3 is 24.2 Å². The molecule has 0 saturated carbocycles. The van der Waals surface area contributed by atoms with Gasteiger partial charge in [-0.2, -0.15) is 0 Å². The van der Waals surface area contributed by atoms with Gasteiger partial charge >= 0.3 is 0 Å². The number of nitrogens with zero attached hydrogens (tertiary/aromatic N) is 1. The van der Waals surface area contributed by atoms with Crippen molar-refractivity contribution < 1.29 is 28.9 Å². The highest BCUT2D eigenvalue weighted by Gasteiger charge is 2.46. The van der Waals surface area contributed by atoms with E-state index < -0.39 is 17.7 Å². The Kier molecular flexibility index (Phi) is 7.30. The van der Waals surface area contributed by atoms with E-state index in [2.05, 4.69) is 0 Å². The van der Waals surface area contributed by atoms with Gasteiger partial charge in [0.1, 0.15) is 23.0 Å². The number of hydrogen-bond acceptors (Lipinski definition) is 6. The number of rotatable bonds is 8. The molecule has 1 N–H and O–H groups in total. The van der Waals surface area contributed by atoms with Gasteiger partial charge in [0, 0.05) is 12.6 Å². The molecular formula is C24H26ClNO6. The number of carbonyl (C=O) groups is 2. The lowest BCUT2D eigenvalue weighted by Gasteiger charge is -2.25. The Morgan fingerprint density at radius 1 is 1.06 bits per heavy atom. The maximum atomic E-state index is 13.1. The molecule has 2 aromatic carbocycles. The Labute approximate surface area is 192 Å². The van der Waals surface area contributed by atoms with Gasteiger partial charge in [-0.15, -0.1) is 0 Å². The van der Waals surface area contributed by atoms with E-state index in [-0.39, 0.29) is 27.7 Å². The second-order valence-electron chi connectivity index (χ2n) is 7.31. The summed E-state index contributed by atoms with van der Waals surface area (Å²) in [6.45, 7) is 2.38. The lowest BCUT2D eigenvalue weighted by molar-refractivity contribution is -0.139. The number of Topliss-reactive ketones (excluding diaryl/α,β-unsaturated/α-hetero) is 1. The van der Waals surface area contributed by atoms with Gasteiger partial charge in [-0.3, -0.25) is 9.59 Å². The lowest BCUT2D eigenvalue weighted by atomic mass is 9.94. The van der Waals surface area contributed by atoms with Crippen molar-refractivity contribution in [1.29, 1.82) is 0 Å². The normalized spacial score (nSPS) is 17.5. The average Bonchev–Trinajstić information content (AvgIpc) is 3.06. The smallest absolute Gasteiger partial charge is 0.295 e. The summed E-state index contributed by atoms with van der Waals surface area (Å²) in [6.07, 6.45) is 1.56. The fourth-order valence-corrected chi connectivity index (χ4v) is 4.03. The first-order valence-corrected chi connectivity index (χ1v) is 10.6. The number of amides is 1. The standard InChI is InChI=1S/C24H26ClNO6/c1-5-6-10-26-21(14-8-7-9-15(11-14)30-2)20(23(28)24(26)29)22(27)16-12-17(25)19(32-4)13-18(16)31-3/h7-9,11-13,21,27H,5-6,10H2,1-4H3/b22-20+. The number of hydrogen-bond donors (Lipinski definition) is 1. The first-order valence-electron chi connectivity index (χ1n) is 10.2. The number of unbranched alkanes of at least 4 members (excludes halogenated alkanes) is 1. The van der Waals surface area contributed by atoms with Gasteiger partial charge in [0.25, 0.3) is 11.7 Å². The molecule has 0 aromatic heterocycles. The largest absolute Gasteiger partial charge is 0.507 e. The molecule has 0 bridgehead atoms. The number of aliphatic hydroxyl groups excluding tert-OH is 1. The molecule has 0 radical (unpaired) electrons. The summed E-state index contributed by atoms with van der Waals surface area (Å²) >= 11 is 6.27. The minimum atomic E-state index is -0.776. The van der Waals surface area contributed by atoms with Crippen LogP contribution in [0.25, 0.3) is 5.76 Å². The van der Waals surface area contributed by atoms with E-state index >= 15 is 0 Å². The number of likely N-dealkylation sites (tertiary alicyclic amines) is 1. The second-order valence-corrected chi connectivity index (χ2v) is 7.72. The Hall–Kier alpha value is -3.19. The lowest BCUT2D eigenvalue weighted by Crippen LogP contribution is -2.30. The van der Waals surface area contributed by atoms with E-state index in [0.29, 0.717) is 30.0 Å². The van der Waals surface area contributed by atoms with Crippen LogP contribution < -0.4 is 14.2 Å². The molecule has 2 aromatic rings. The Bertz CT molecular complexity index is 1060. The molecule has 1 heterocycles. The minimum Gasteiger partial charge on any atom is -0.507 e. The molecule has 1 saturated heterocycles. The monoisotopic (exact) mass is 459 g/mol. The fraction of sp³-hybridized carbons (Fsp3) is 0.333. The summed E-state index contributed by atoms with van der Waals surface area (Å²) in [5.41, 5.74) is 0.818. The van der Waals surface area contributed by atoms with E-state index in [1.54, 1.807) is 24.3 Å². The summed E-state index contributed by atoms with van der Waals surface area (Å²) in [5, 5.41) is 11.5. The molecule has 170 valence electrons. The minimum absolute atomic E-state index is 0.0288. The van der Waals surface area contributed by atoms with Gasteiger partial charge in [-0.05, 0) is 30.2 Å². The first kappa shape index (κ1) is 23.5. The number of halogens is 1. The number of aliphatic hydroxyl groups is 1. The van der Waals surface area contributed by atoms with Crippen molar-refractivity contribution in [3.8, 4) is 17.2 Å². The summed E-state index contributed by atoms with van der Waals surface area (Å²) in [6, 6.07) is 9.29. The van der Waals surface area contributed by atoms with Crippen LogP contribution in [0.4, 0.5) is 0 Å². The molecule has 3 rings (SSSR count). The van der Waals surface area contributed by atoms with E-state index in [0.717, 1.165) is 6.42 Å². The summed E-state index contributed by atoms with van der Waals surface area (Å²) < 4.78 is 15.9. The zero-order valence-electron chi connectivity index (χ0n) is 18.5. The van der Waals surface area contributed by atoms with Crippen molar-refractivity contribution in [3.05, 3.63) is 58.1 Å². The molecular weight excluding hydrogens is 434 g/mol. The van der Waals surface area contributed by atoms with Gasteiger partial charge in [0.2, 0.25) is 0 Å². The van der Waals surface area contributed by atoms with Gasteiger partial charge in [0.05, 0.1) is 43.5 Å². The van der Waals surface area contributed by atoms with Crippen LogP contribution in [-0.2, 0) is 9.59 Å². The quantitative estimate of drug-likeness (QED) is 0.353. The van der Waals surface area contributed by atoms with Crippen molar-refractivity contribution >= 4 is 29.1 Å². The summed E-state index contributed by atoms with van der Waals surface area (Å²) in [5.74, 6) is -0.599. The zero-order chi connectivity index (χ0) is 23.4. The predicted octanol–water partition coefficient (Wildman–Crippen LogP) is 4.59. The number of benzene rings is 2. The van der Waals surface area contributed by atoms with Crippen LogP contribution in [0.2, 0.25) is 5.02 Å². The van der Waals surface area contributed by atoms with E-state index in [9.17, 15) is 14.7 Å². The molecule has 1 aliphatic heterocycles. The molecule has 0 aliphatic carbocycles. The highest BCUT2D eigenvalue weighted by Crippen LogP contribution is 2.43. The maximum absolute atomic E-state index is 13.1. The van der Waals surface area contributed by atoms with Crippen LogP contribution in [0.1, 0.15) is 36.9 Å². The predicted molar refractivity (Wildman–Crippen MR) is 121 cm³/mol. The third kappa shape index (κ3) is 4.25. The maximum Gasteiger partial charge on any atom is 0.295 e. The fourth-order valence-electron chi connectivity index (χ4n) is 3.79. The average molecular weight is 460 g/mol. The van der Waals surface area contributed by atoms with Crippen LogP contribution in [0.5, 0.6) is 17.2 Å². The third-order valence-corrected chi connectivity index (χ3v) is 5.73. The topological polar surface area (TPSA) is 85.3 Å².